The smallest absolute Gasteiger partial charge is 0.263 e. The number of nitrogens with zero attached hydrogens (tertiary/aromatic N) is 2. The molecule has 1 aliphatic carbocycles. The van der Waals surface area contributed by atoms with Gasteiger partial charge in [0.1, 0.15) is 4.83 Å². The van der Waals surface area contributed by atoms with Crippen molar-refractivity contribution in [3.63, 3.8) is 0 Å². The van der Waals surface area contributed by atoms with Crippen LogP contribution in [0.3, 0.4) is 0 Å². The summed E-state index contributed by atoms with van der Waals surface area (Å²) >= 11 is 3.07. The third kappa shape index (κ3) is 4.65. The van der Waals surface area contributed by atoms with Gasteiger partial charge in [-0.3, -0.25) is 14.2 Å². The highest BCUT2D eigenvalue weighted by molar-refractivity contribution is 7.99. The zero-order valence-corrected chi connectivity index (χ0v) is 20.4. The lowest BCUT2D eigenvalue weighted by Gasteiger charge is -2.14. The van der Waals surface area contributed by atoms with Crippen molar-refractivity contribution in [1.82, 2.24) is 9.55 Å². The number of rotatable bonds is 7. The van der Waals surface area contributed by atoms with Crippen LogP contribution in [0.4, 0.5) is 0 Å². The van der Waals surface area contributed by atoms with Crippen LogP contribution in [-0.4, -0.2) is 21.1 Å². The Kier molecular flexibility index (Phi) is 6.68. The van der Waals surface area contributed by atoms with Crippen LogP contribution in [0.5, 0.6) is 0 Å². The number of thiophene rings is 1. The molecule has 31 heavy (non-hydrogen) atoms. The largest absolute Gasteiger partial charge is 0.293 e. The SMILES string of the molecule is Cc1ccc(C)c(C(=O)CSc2nc3sc4c(c3c(=O)n2CCC(C)C)CCCC4)c1. The number of fused-ring (bicyclic) bond motifs is 3. The highest BCUT2D eigenvalue weighted by Gasteiger charge is 2.23. The molecule has 6 heteroatoms. The monoisotopic (exact) mass is 454 g/mol. The van der Waals surface area contributed by atoms with Gasteiger partial charge in [-0.05, 0) is 69.1 Å². The van der Waals surface area contributed by atoms with E-state index in [1.54, 1.807) is 11.3 Å². The Hall–Kier alpha value is -1.92. The van der Waals surface area contributed by atoms with Crippen molar-refractivity contribution in [2.45, 2.75) is 71.5 Å². The van der Waals surface area contributed by atoms with Gasteiger partial charge in [-0.25, -0.2) is 4.98 Å². The molecule has 0 aliphatic heterocycles. The number of carbonyl (C=O) groups is 1. The first kappa shape index (κ1) is 22.3. The van der Waals surface area contributed by atoms with Crippen LogP contribution in [0.15, 0.2) is 28.2 Å². The van der Waals surface area contributed by atoms with Gasteiger partial charge in [0.05, 0.1) is 11.1 Å². The molecular weight excluding hydrogens is 424 g/mol. The number of thioether (sulfide) groups is 1. The van der Waals surface area contributed by atoms with E-state index in [1.165, 1.54) is 28.6 Å². The summed E-state index contributed by atoms with van der Waals surface area (Å²) in [7, 11) is 0. The van der Waals surface area contributed by atoms with Crippen molar-refractivity contribution in [1.29, 1.82) is 0 Å². The maximum atomic E-state index is 13.5. The van der Waals surface area contributed by atoms with Crippen LogP contribution < -0.4 is 5.56 Å². The van der Waals surface area contributed by atoms with Gasteiger partial charge >= 0.3 is 0 Å². The number of aryl methyl sites for hydroxylation is 4. The third-order valence-electron chi connectivity index (χ3n) is 6.00. The Balaban J connectivity index is 1.70. The van der Waals surface area contributed by atoms with Gasteiger partial charge in [0, 0.05) is 17.0 Å². The molecule has 0 bridgehead atoms. The molecule has 0 saturated carbocycles. The maximum Gasteiger partial charge on any atom is 0.263 e. The van der Waals surface area contributed by atoms with E-state index in [1.807, 2.05) is 36.6 Å². The Morgan fingerprint density at radius 3 is 2.77 bits per heavy atom. The molecule has 4 rings (SSSR count). The standard InChI is InChI=1S/C25H30N2O2S2/c1-15(2)11-12-27-24(29)22-18-7-5-6-8-21(18)31-23(22)26-25(27)30-14-20(28)19-13-16(3)9-10-17(19)4/h9-10,13,15H,5-8,11-12,14H2,1-4H3. The number of carbonyl (C=O) groups excluding carboxylic acids is 1. The molecule has 0 saturated heterocycles. The highest BCUT2D eigenvalue weighted by atomic mass is 32.2. The molecule has 2 aromatic heterocycles. The van der Waals surface area contributed by atoms with E-state index in [0.29, 0.717) is 17.6 Å². The molecular formula is C25H30N2O2S2. The quantitative estimate of drug-likeness (QED) is 0.250. The lowest BCUT2D eigenvalue weighted by Crippen LogP contribution is -2.25. The second-order valence-corrected chi connectivity index (χ2v) is 11.0. The number of benzene rings is 1. The predicted octanol–water partition coefficient (Wildman–Crippen LogP) is 5.97. The van der Waals surface area contributed by atoms with E-state index in [2.05, 4.69) is 13.8 Å². The van der Waals surface area contributed by atoms with Crippen LogP contribution >= 0.6 is 23.1 Å². The second kappa shape index (κ2) is 9.29. The van der Waals surface area contributed by atoms with Crippen molar-refractivity contribution in [3.05, 3.63) is 55.7 Å². The van der Waals surface area contributed by atoms with E-state index in [-0.39, 0.29) is 17.1 Å². The molecule has 0 fully saturated rings. The molecule has 4 nitrogen and oxygen atoms in total. The molecule has 0 unspecified atom stereocenters. The molecule has 164 valence electrons. The maximum absolute atomic E-state index is 13.5. The van der Waals surface area contributed by atoms with Gasteiger partial charge in [0.2, 0.25) is 0 Å². The summed E-state index contributed by atoms with van der Waals surface area (Å²) in [6.45, 7) is 8.95. The molecule has 0 amide bonds. The molecule has 0 radical (unpaired) electrons. The van der Waals surface area contributed by atoms with Crippen molar-refractivity contribution < 1.29 is 4.79 Å². The number of hydrogen-bond acceptors (Lipinski definition) is 5. The Bertz CT molecular complexity index is 1190. The number of Topliss-reactive ketones (excluding diaryl/α,β-unsaturated/α-hetero) is 1. The average molecular weight is 455 g/mol. The Morgan fingerprint density at radius 1 is 1.23 bits per heavy atom. The van der Waals surface area contributed by atoms with E-state index in [4.69, 9.17) is 4.98 Å². The van der Waals surface area contributed by atoms with Crippen molar-refractivity contribution in [2.24, 2.45) is 5.92 Å². The van der Waals surface area contributed by atoms with Crippen molar-refractivity contribution >= 4 is 39.1 Å². The zero-order valence-electron chi connectivity index (χ0n) is 18.8. The molecule has 1 aliphatic rings. The fraction of sp³-hybridized carbons (Fsp3) is 0.480. The van der Waals surface area contributed by atoms with Gasteiger partial charge in [0.25, 0.3) is 5.56 Å². The summed E-state index contributed by atoms with van der Waals surface area (Å²) < 4.78 is 1.82. The molecule has 2 heterocycles. The van der Waals surface area contributed by atoms with E-state index >= 15 is 0 Å². The number of ketones is 1. The zero-order chi connectivity index (χ0) is 22.1. The topological polar surface area (TPSA) is 52.0 Å². The van der Waals surface area contributed by atoms with Gasteiger partial charge < -0.3 is 0 Å². The number of aromatic nitrogens is 2. The summed E-state index contributed by atoms with van der Waals surface area (Å²) in [6.07, 6.45) is 5.28. The lowest BCUT2D eigenvalue weighted by molar-refractivity contribution is 0.102. The van der Waals surface area contributed by atoms with Gasteiger partial charge in [-0.2, -0.15) is 0 Å². The average Bonchev–Trinajstić information content (AvgIpc) is 3.11. The first-order valence-electron chi connectivity index (χ1n) is 11.1. The first-order valence-corrected chi connectivity index (χ1v) is 12.9. The summed E-state index contributed by atoms with van der Waals surface area (Å²) in [5.41, 5.74) is 4.13. The van der Waals surface area contributed by atoms with E-state index in [0.717, 1.165) is 52.6 Å². The fourth-order valence-corrected chi connectivity index (χ4v) is 6.37. The van der Waals surface area contributed by atoms with Crippen LogP contribution in [-0.2, 0) is 19.4 Å². The number of hydrogen-bond donors (Lipinski definition) is 0. The highest BCUT2D eigenvalue weighted by Crippen LogP contribution is 2.35. The summed E-state index contributed by atoms with van der Waals surface area (Å²) in [5, 5.41) is 1.50. The normalized spacial score (nSPS) is 13.7. The van der Waals surface area contributed by atoms with E-state index < -0.39 is 0 Å². The third-order valence-corrected chi connectivity index (χ3v) is 8.16. The Labute approximate surface area is 192 Å². The van der Waals surface area contributed by atoms with Crippen LogP contribution in [0, 0.1) is 19.8 Å². The summed E-state index contributed by atoms with van der Waals surface area (Å²) in [4.78, 5) is 33.6. The van der Waals surface area contributed by atoms with Crippen molar-refractivity contribution in [3.8, 4) is 0 Å². The minimum absolute atomic E-state index is 0.0757. The first-order chi connectivity index (χ1) is 14.8. The van der Waals surface area contributed by atoms with Gasteiger partial charge in [-0.15, -0.1) is 11.3 Å². The van der Waals surface area contributed by atoms with Crippen LogP contribution in [0.1, 0.15) is 65.0 Å². The molecule has 1 aromatic carbocycles. The minimum atomic E-state index is 0.0757. The predicted molar refractivity (Wildman–Crippen MR) is 131 cm³/mol. The van der Waals surface area contributed by atoms with Crippen LogP contribution in [0.2, 0.25) is 0 Å². The minimum Gasteiger partial charge on any atom is -0.293 e. The molecule has 0 atom stereocenters. The lowest BCUT2D eigenvalue weighted by atomic mass is 9.97. The van der Waals surface area contributed by atoms with Gasteiger partial charge in [0.15, 0.2) is 10.9 Å². The molecule has 0 N–H and O–H groups in total. The Morgan fingerprint density at radius 2 is 2.00 bits per heavy atom. The second-order valence-electron chi connectivity index (χ2n) is 8.95. The van der Waals surface area contributed by atoms with Gasteiger partial charge in [-0.1, -0.05) is 43.3 Å². The van der Waals surface area contributed by atoms with Crippen molar-refractivity contribution in [2.75, 3.05) is 5.75 Å². The molecule has 3 aromatic rings. The van der Waals surface area contributed by atoms with Crippen LogP contribution in [0.25, 0.3) is 10.2 Å². The summed E-state index contributed by atoms with van der Waals surface area (Å²) in [5.74, 6) is 0.865. The van der Waals surface area contributed by atoms with E-state index in [9.17, 15) is 9.59 Å². The summed E-state index contributed by atoms with van der Waals surface area (Å²) in [6, 6.07) is 5.97. The fourth-order valence-electron chi connectivity index (χ4n) is 4.16. The molecule has 0 spiro atoms.